The van der Waals surface area contributed by atoms with Crippen LogP contribution in [0.5, 0.6) is 5.75 Å². The van der Waals surface area contributed by atoms with Crippen molar-refractivity contribution >= 4 is 55.7 Å². The Morgan fingerprint density at radius 1 is 1.08 bits per heavy atom. The number of aliphatic hydroxyl groups excluding tert-OH is 1. The molecule has 1 amide bonds. The van der Waals surface area contributed by atoms with E-state index in [0.717, 1.165) is 33.9 Å². The van der Waals surface area contributed by atoms with Crippen LogP contribution in [0.3, 0.4) is 0 Å². The molecule has 37 heavy (non-hydrogen) atoms. The van der Waals surface area contributed by atoms with Gasteiger partial charge in [0.15, 0.2) is 16.8 Å². The van der Waals surface area contributed by atoms with Crippen LogP contribution in [0, 0.1) is 25.5 Å². The number of carbonyl (C=O) groups is 2. The number of carbonyl (C=O) groups excluding carboxylic acids is 2. The van der Waals surface area contributed by atoms with Crippen LogP contribution in [0.1, 0.15) is 28.3 Å². The number of ketones is 1. The van der Waals surface area contributed by atoms with Gasteiger partial charge in [0.05, 0.1) is 39.5 Å². The molecule has 0 saturated carbocycles. The van der Waals surface area contributed by atoms with Gasteiger partial charge in [0, 0.05) is 6.07 Å². The van der Waals surface area contributed by atoms with Gasteiger partial charge in [0.25, 0.3) is 5.78 Å². The number of halogens is 3. The van der Waals surface area contributed by atoms with E-state index in [1.54, 1.807) is 37.3 Å². The zero-order valence-electron chi connectivity index (χ0n) is 19.8. The van der Waals surface area contributed by atoms with Crippen LogP contribution in [-0.2, 0) is 9.59 Å². The SMILES string of the molecule is COc1c(Cl)cc(C)cc1/C(O)=C1\C(=O)C(=O)N(c2nc3cc(F)c(F)cc3s2)C1c1cccc(C)c1. The zero-order chi connectivity index (χ0) is 26.6. The number of nitrogens with zero attached hydrogens (tertiary/aromatic N) is 2. The van der Waals surface area contributed by atoms with Gasteiger partial charge >= 0.3 is 5.91 Å². The van der Waals surface area contributed by atoms with Crippen molar-refractivity contribution in [3.05, 3.63) is 93.0 Å². The van der Waals surface area contributed by atoms with Crippen molar-refractivity contribution in [2.45, 2.75) is 19.9 Å². The molecule has 0 radical (unpaired) electrons. The standard InChI is InChI=1S/C27H19ClF2N2O4S/c1-12-5-4-6-14(7-12)22-21(23(33)15-8-13(2)9-16(28)25(15)36-3)24(34)26(35)32(22)27-31-19-10-17(29)18(30)11-20(19)37-27/h4-11,22,33H,1-3H3/b23-21+. The summed E-state index contributed by atoms with van der Waals surface area (Å²) in [7, 11) is 1.38. The second-order valence-corrected chi connectivity index (χ2v) is 10.1. The molecule has 1 aliphatic heterocycles. The second-order valence-electron chi connectivity index (χ2n) is 8.64. The lowest BCUT2D eigenvalue weighted by atomic mass is 9.94. The van der Waals surface area contributed by atoms with Crippen molar-refractivity contribution in [3.8, 4) is 5.75 Å². The van der Waals surface area contributed by atoms with E-state index in [9.17, 15) is 23.5 Å². The minimum atomic E-state index is -1.08. The van der Waals surface area contributed by atoms with Crippen LogP contribution in [0.4, 0.5) is 13.9 Å². The van der Waals surface area contributed by atoms with Gasteiger partial charge in [0.2, 0.25) is 0 Å². The zero-order valence-corrected chi connectivity index (χ0v) is 21.4. The summed E-state index contributed by atoms with van der Waals surface area (Å²) in [6, 6.07) is 11.2. The van der Waals surface area contributed by atoms with E-state index in [4.69, 9.17) is 16.3 Å². The fraction of sp³-hybridized carbons (Fsp3) is 0.148. The van der Waals surface area contributed by atoms with Crippen molar-refractivity contribution in [2.24, 2.45) is 0 Å². The Bertz CT molecular complexity index is 1610. The Morgan fingerprint density at radius 3 is 2.51 bits per heavy atom. The summed E-state index contributed by atoms with van der Waals surface area (Å²) in [5.74, 6) is -4.34. The molecular formula is C27H19ClF2N2O4S. The molecule has 1 aromatic heterocycles. The lowest BCUT2D eigenvalue weighted by molar-refractivity contribution is -0.132. The first-order chi connectivity index (χ1) is 17.6. The lowest BCUT2D eigenvalue weighted by Crippen LogP contribution is -2.29. The molecule has 3 aromatic carbocycles. The minimum Gasteiger partial charge on any atom is -0.507 e. The maximum atomic E-state index is 13.9. The van der Waals surface area contributed by atoms with Crippen LogP contribution < -0.4 is 9.64 Å². The molecule has 4 aromatic rings. The Balaban J connectivity index is 1.78. The molecule has 1 atom stereocenters. The monoisotopic (exact) mass is 540 g/mol. The van der Waals surface area contributed by atoms with Gasteiger partial charge in [0.1, 0.15) is 11.5 Å². The maximum absolute atomic E-state index is 13.9. The van der Waals surface area contributed by atoms with Crippen molar-refractivity contribution in [2.75, 3.05) is 12.0 Å². The Kier molecular flexibility index (Phi) is 6.21. The number of rotatable bonds is 4. The molecule has 188 valence electrons. The highest BCUT2D eigenvalue weighted by Gasteiger charge is 2.48. The predicted molar refractivity (Wildman–Crippen MR) is 138 cm³/mol. The third-order valence-corrected chi connectivity index (χ3v) is 7.37. The molecular weight excluding hydrogens is 522 g/mol. The summed E-state index contributed by atoms with van der Waals surface area (Å²) in [4.78, 5) is 32.3. The average molecular weight is 541 g/mol. The van der Waals surface area contributed by atoms with Crippen molar-refractivity contribution < 1.29 is 28.2 Å². The number of aliphatic hydroxyl groups is 1. The molecule has 2 heterocycles. The van der Waals surface area contributed by atoms with Gasteiger partial charge < -0.3 is 9.84 Å². The number of aromatic nitrogens is 1. The van der Waals surface area contributed by atoms with Gasteiger partial charge in [-0.2, -0.15) is 0 Å². The summed E-state index contributed by atoms with van der Waals surface area (Å²) >= 11 is 7.26. The smallest absolute Gasteiger partial charge is 0.301 e. The van der Waals surface area contributed by atoms with E-state index in [1.807, 2.05) is 13.0 Å². The first-order valence-electron chi connectivity index (χ1n) is 11.1. The highest BCUT2D eigenvalue weighted by Crippen LogP contribution is 2.46. The first-order valence-corrected chi connectivity index (χ1v) is 12.3. The highest BCUT2D eigenvalue weighted by molar-refractivity contribution is 7.22. The molecule has 1 N–H and O–H groups in total. The summed E-state index contributed by atoms with van der Waals surface area (Å²) in [5.41, 5.74) is 2.19. The van der Waals surface area contributed by atoms with E-state index in [1.165, 1.54) is 7.11 Å². The minimum absolute atomic E-state index is 0.0573. The quantitative estimate of drug-likeness (QED) is 0.182. The number of ether oxygens (including phenoxy) is 1. The van der Waals surface area contributed by atoms with Gasteiger partial charge in [-0.05, 0) is 43.2 Å². The summed E-state index contributed by atoms with van der Waals surface area (Å²) in [6.45, 7) is 3.61. The molecule has 0 spiro atoms. The number of methoxy groups -OCH3 is 1. The third kappa shape index (κ3) is 4.14. The van der Waals surface area contributed by atoms with Crippen LogP contribution in [-0.4, -0.2) is 28.9 Å². The van der Waals surface area contributed by atoms with Crippen LogP contribution in [0.2, 0.25) is 5.02 Å². The average Bonchev–Trinajstić information content (AvgIpc) is 3.36. The number of benzene rings is 3. The molecule has 1 aliphatic rings. The number of anilines is 1. The largest absolute Gasteiger partial charge is 0.507 e. The van der Waals surface area contributed by atoms with Crippen LogP contribution >= 0.6 is 22.9 Å². The topological polar surface area (TPSA) is 79.7 Å². The van der Waals surface area contributed by atoms with Crippen LogP contribution in [0.15, 0.2) is 54.1 Å². The molecule has 1 fully saturated rings. The van der Waals surface area contributed by atoms with Gasteiger partial charge in [-0.1, -0.05) is 52.8 Å². The number of Topliss-reactive ketones (excluding diaryl/α,β-unsaturated/α-hetero) is 1. The molecule has 0 aliphatic carbocycles. The van der Waals surface area contributed by atoms with Crippen molar-refractivity contribution in [1.82, 2.24) is 4.98 Å². The predicted octanol–water partition coefficient (Wildman–Crippen LogP) is 6.48. The maximum Gasteiger partial charge on any atom is 0.301 e. The highest BCUT2D eigenvalue weighted by atomic mass is 35.5. The number of amides is 1. The number of fused-ring (bicyclic) bond motifs is 1. The normalized spacial score (nSPS) is 17.1. The molecule has 5 rings (SSSR count). The Hall–Kier alpha value is -3.82. The van der Waals surface area contributed by atoms with E-state index in [-0.39, 0.29) is 32.6 Å². The summed E-state index contributed by atoms with van der Waals surface area (Å²) in [5, 5.41) is 11.8. The number of thiazole rings is 1. The van der Waals surface area contributed by atoms with Crippen LogP contribution in [0.25, 0.3) is 16.0 Å². The molecule has 1 saturated heterocycles. The fourth-order valence-corrected chi connectivity index (χ4v) is 5.81. The molecule has 6 nitrogen and oxygen atoms in total. The first kappa shape index (κ1) is 24.9. The van der Waals surface area contributed by atoms with E-state index >= 15 is 0 Å². The van der Waals surface area contributed by atoms with Gasteiger partial charge in [-0.25, -0.2) is 13.8 Å². The molecule has 0 bridgehead atoms. The van der Waals surface area contributed by atoms with Crippen molar-refractivity contribution in [1.29, 1.82) is 0 Å². The number of hydrogen-bond donors (Lipinski definition) is 1. The number of aryl methyl sites for hydroxylation is 2. The summed E-state index contributed by atoms with van der Waals surface area (Å²) < 4.78 is 33.4. The fourth-order valence-electron chi connectivity index (χ4n) is 4.46. The Labute approximate surface area is 219 Å². The lowest BCUT2D eigenvalue weighted by Gasteiger charge is -2.23. The van der Waals surface area contributed by atoms with E-state index < -0.39 is 35.1 Å². The Morgan fingerprint density at radius 2 is 1.81 bits per heavy atom. The van der Waals surface area contributed by atoms with E-state index in [0.29, 0.717) is 15.8 Å². The van der Waals surface area contributed by atoms with Gasteiger partial charge in [-0.3, -0.25) is 14.5 Å². The van der Waals surface area contributed by atoms with E-state index in [2.05, 4.69) is 4.98 Å². The van der Waals surface area contributed by atoms with Gasteiger partial charge in [-0.15, -0.1) is 0 Å². The number of hydrogen-bond acceptors (Lipinski definition) is 6. The summed E-state index contributed by atoms with van der Waals surface area (Å²) in [6.07, 6.45) is 0. The third-order valence-electron chi connectivity index (χ3n) is 6.07. The second kappa shape index (κ2) is 9.24. The molecule has 1 unspecified atom stereocenters. The molecule has 10 heteroatoms. The van der Waals surface area contributed by atoms with Crippen molar-refractivity contribution in [3.63, 3.8) is 0 Å².